The van der Waals surface area contributed by atoms with Crippen molar-refractivity contribution >= 4 is 28.8 Å². The number of non-ortho nitro benzene ring substituents is 1. The number of nitrogens with one attached hydrogen (secondary N) is 1. The van der Waals surface area contributed by atoms with Crippen LogP contribution >= 0.6 is 0 Å². The topological polar surface area (TPSA) is 102 Å². The quantitative estimate of drug-likeness (QED) is 0.186. The largest absolute Gasteiger partial charge is 0.497 e. The van der Waals surface area contributed by atoms with Gasteiger partial charge in [-0.25, -0.2) is 0 Å². The summed E-state index contributed by atoms with van der Waals surface area (Å²) in [4.78, 5) is 41.0. The lowest BCUT2D eigenvalue weighted by molar-refractivity contribution is -0.384. The Hall–Kier alpha value is -4.46. The van der Waals surface area contributed by atoms with Gasteiger partial charge in [0, 0.05) is 36.2 Å². The highest BCUT2D eigenvalue weighted by molar-refractivity contribution is 6.06. The van der Waals surface area contributed by atoms with E-state index < -0.39 is 11.0 Å². The number of methoxy groups -OCH3 is 1. The predicted molar refractivity (Wildman–Crippen MR) is 155 cm³/mol. The zero-order valence-electron chi connectivity index (χ0n) is 22.8. The number of nitro benzene ring substituents is 1. The van der Waals surface area contributed by atoms with Crippen molar-refractivity contribution in [1.29, 1.82) is 0 Å². The molecule has 2 atom stereocenters. The van der Waals surface area contributed by atoms with E-state index in [0.29, 0.717) is 29.7 Å². The fourth-order valence-electron chi connectivity index (χ4n) is 5.75. The number of nitro groups is 1. The summed E-state index contributed by atoms with van der Waals surface area (Å²) >= 11 is 0. The number of nitrogens with zero attached hydrogens (tertiary/aromatic N) is 2. The summed E-state index contributed by atoms with van der Waals surface area (Å²) in [5.74, 6) is 0.493. The monoisotopic (exact) mass is 539 g/mol. The van der Waals surface area contributed by atoms with Gasteiger partial charge in [0.05, 0.1) is 29.4 Å². The zero-order chi connectivity index (χ0) is 28.2. The number of allylic oxidation sites excluding steroid dienone is 1. The molecule has 3 aromatic rings. The number of para-hydroxylation sites is 2. The fourth-order valence-corrected chi connectivity index (χ4v) is 5.75. The van der Waals surface area contributed by atoms with E-state index in [-0.39, 0.29) is 29.7 Å². The number of ether oxygens (including phenoxy) is 1. The maximum absolute atomic E-state index is 14.1. The van der Waals surface area contributed by atoms with Crippen LogP contribution in [0.25, 0.3) is 0 Å². The number of carbonyl (C=O) groups is 2. The Morgan fingerprint density at radius 2 is 1.80 bits per heavy atom. The Labute approximate surface area is 233 Å². The van der Waals surface area contributed by atoms with Crippen LogP contribution in [0, 0.1) is 10.1 Å². The summed E-state index contributed by atoms with van der Waals surface area (Å²) in [6.07, 6.45) is 3.76. The van der Waals surface area contributed by atoms with Crippen LogP contribution in [0.2, 0.25) is 0 Å². The van der Waals surface area contributed by atoms with Crippen molar-refractivity contribution in [2.75, 3.05) is 17.3 Å². The van der Waals surface area contributed by atoms with Gasteiger partial charge in [-0.3, -0.25) is 24.6 Å². The fraction of sp³-hybridized carbons (Fsp3) is 0.312. The van der Waals surface area contributed by atoms with Crippen molar-refractivity contribution in [2.45, 2.75) is 57.4 Å². The van der Waals surface area contributed by atoms with Crippen LogP contribution in [0.15, 0.2) is 84.1 Å². The SMILES string of the molecule is CCCCCC(=O)N1c2ccccc2NC2=C(C(=O)CC(c3ccc(OC)cc3)C2)C1c1cccc([N+](=O)[O-])c1. The number of hydrogen-bond donors (Lipinski definition) is 1. The average molecular weight is 540 g/mol. The average Bonchev–Trinajstić information content (AvgIpc) is 3.12. The molecule has 5 rings (SSSR count). The van der Waals surface area contributed by atoms with E-state index >= 15 is 0 Å². The lowest BCUT2D eigenvalue weighted by atomic mass is 9.78. The van der Waals surface area contributed by atoms with Gasteiger partial charge in [0.15, 0.2) is 5.78 Å². The maximum Gasteiger partial charge on any atom is 0.269 e. The number of fused-ring (bicyclic) bond motifs is 1. The molecule has 2 aliphatic rings. The van der Waals surface area contributed by atoms with E-state index in [1.807, 2.05) is 48.5 Å². The van der Waals surface area contributed by atoms with Crippen molar-refractivity contribution in [3.8, 4) is 5.75 Å². The third-order valence-electron chi connectivity index (χ3n) is 7.74. The Bertz CT molecular complexity index is 1460. The van der Waals surface area contributed by atoms with Crippen LogP contribution in [-0.4, -0.2) is 23.7 Å². The molecular formula is C32H33N3O5. The number of rotatable bonds is 8. The molecule has 1 N–H and O–H groups in total. The highest BCUT2D eigenvalue weighted by Crippen LogP contribution is 2.48. The Kier molecular flexibility index (Phi) is 7.96. The predicted octanol–water partition coefficient (Wildman–Crippen LogP) is 7.08. The van der Waals surface area contributed by atoms with E-state index in [1.54, 1.807) is 24.1 Å². The number of anilines is 2. The van der Waals surface area contributed by atoms with Crippen LogP contribution in [0.5, 0.6) is 5.75 Å². The first-order valence-electron chi connectivity index (χ1n) is 13.7. The van der Waals surface area contributed by atoms with Gasteiger partial charge in [0.25, 0.3) is 5.69 Å². The second kappa shape index (κ2) is 11.7. The number of unbranched alkanes of at least 4 members (excludes halogenated alkanes) is 2. The summed E-state index contributed by atoms with van der Waals surface area (Å²) in [5, 5.41) is 15.2. The molecule has 1 amide bonds. The van der Waals surface area contributed by atoms with E-state index in [1.165, 1.54) is 12.1 Å². The molecule has 0 saturated heterocycles. The van der Waals surface area contributed by atoms with Crippen LogP contribution in [0.1, 0.15) is 68.5 Å². The smallest absolute Gasteiger partial charge is 0.269 e. The molecule has 206 valence electrons. The van der Waals surface area contributed by atoms with Gasteiger partial charge < -0.3 is 10.1 Å². The summed E-state index contributed by atoms with van der Waals surface area (Å²) < 4.78 is 5.30. The molecule has 8 heteroatoms. The van der Waals surface area contributed by atoms with Gasteiger partial charge in [-0.1, -0.05) is 56.2 Å². The van der Waals surface area contributed by atoms with Gasteiger partial charge in [0.2, 0.25) is 5.91 Å². The standard InChI is InChI=1S/C32H33N3O5/c1-3-4-5-13-30(37)34-28-12-7-6-11-26(28)33-27-19-23(21-14-16-25(40-2)17-15-21)20-29(36)31(27)32(34)22-9-8-10-24(18-22)35(38)39/h6-12,14-18,23,32-33H,3-5,13,19-20H2,1-2H3. The van der Waals surface area contributed by atoms with Gasteiger partial charge in [0.1, 0.15) is 5.75 Å². The van der Waals surface area contributed by atoms with Crippen LogP contribution in [0.4, 0.5) is 17.1 Å². The number of ketones is 1. The van der Waals surface area contributed by atoms with Crippen molar-refractivity contribution in [3.05, 3.63) is 105 Å². The van der Waals surface area contributed by atoms with E-state index in [4.69, 9.17) is 4.74 Å². The minimum absolute atomic E-state index is 0.0608. The molecule has 3 aromatic carbocycles. The van der Waals surface area contributed by atoms with Crippen molar-refractivity contribution in [2.24, 2.45) is 0 Å². The molecule has 0 fully saturated rings. The lowest BCUT2D eigenvalue weighted by Gasteiger charge is -2.35. The molecule has 0 bridgehead atoms. The number of Topliss-reactive ketones (excluding diaryl/α,β-unsaturated/α-hetero) is 1. The second-order valence-electron chi connectivity index (χ2n) is 10.3. The first-order chi connectivity index (χ1) is 19.4. The molecule has 0 spiro atoms. The number of amides is 1. The number of carbonyl (C=O) groups excluding carboxylic acids is 2. The molecule has 1 aliphatic carbocycles. The number of hydrogen-bond acceptors (Lipinski definition) is 6. The van der Waals surface area contributed by atoms with Crippen molar-refractivity contribution in [3.63, 3.8) is 0 Å². The van der Waals surface area contributed by atoms with E-state index in [2.05, 4.69) is 12.2 Å². The third-order valence-corrected chi connectivity index (χ3v) is 7.74. The molecule has 1 heterocycles. The van der Waals surface area contributed by atoms with E-state index in [0.717, 1.165) is 42.0 Å². The molecular weight excluding hydrogens is 506 g/mol. The minimum atomic E-state index is -0.788. The highest BCUT2D eigenvalue weighted by atomic mass is 16.6. The zero-order valence-corrected chi connectivity index (χ0v) is 22.8. The molecule has 2 unspecified atom stereocenters. The Morgan fingerprint density at radius 1 is 1.02 bits per heavy atom. The van der Waals surface area contributed by atoms with Crippen molar-refractivity contribution < 1.29 is 19.2 Å². The molecule has 8 nitrogen and oxygen atoms in total. The summed E-state index contributed by atoms with van der Waals surface area (Å²) in [6, 6.07) is 20.8. The van der Waals surface area contributed by atoms with Gasteiger partial charge in [-0.2, -0.15) is 0 Å². The first kappa shape index (κ1) is 27.1. The van der Waals surface area contributed by atoms with Crippen LogP contribution < -0.4 is 15.0 Å². The second-order valence-corrected chi connectivity index (χ2v) is 10.3. The Morgan fingerprint density at radius 3 is 2.52 bits per heavy atom. The molecule has 0 saturated carbocycles. The lowest BCUT2D eigenvalue weighted by Crippen LogP contribution is -2.38. The summed E-state index contributed by atoms with van der Waals surface area (Å²) in [6.45, 7) is 2.08. The van der Waals surface area contributed by atoms with Crippen LogP contribution in [0.3, 0.4) is 0 Å². The minimum Gasteiger partial charge on any atom is -0.497 e. The summed E-state index contributed by atoms with van der Waals surface area (Å²) in [5.41, 5.74) is 4.11. The van der Waals surface area contributed by atoms with E-state index in [9.17, 15) is 19.7 Å². The third kappa shape index (κ3) is 5.34. The summed E-state index contributed by atoms with van der Waals surface area (Å²) in [7, 11) is 1.62. The number of benzene rings is 3. The van der Waals surface area contributed by atoms with Gasteiger partial charge in [-0.05, 0) is 54.2 Å². The van der Waals surface area contributed by atoms with Gasteiger partial charge in [-0.15, -0.1) is 0 Å². The molecule has 0 aromatic heterocycles. The Balaban J connectivity index is 1.66. The maximum atomic E-state index is 14.1. The van der Waals surface area contributed by atoms with Crippen molar-refractivity contribution in [1.82, 2.24) is 0 Å². The molecule has 40 heavy (non-hydrogen) atoms. The molecule has 1 aliphatic heterocycles. The first-order valence-corrected chi connectivity index (χ1v) is 13.7. The van der Waals surface area contributed by atoms with Crippen LogP contribution in [-0.2, 0) is 9.59 Å². The highest BCUT2D eigenvalue weighted by Gasteiger charge is 2.41. The van der Waals surface area contributed by atoms with Gasteiger partial charge >= 0.3 is 0 Å². The normalized spacial score (nSPS) is 18.4. The molecule has 0 radical (unpaired) electrons.